The van der Waals surface area contributed by atoms with E-state index >= 15 is 0 Å². The van der Waals surface area contributed by atoms with E-state index in [1.807, 2.05) is 81.6 Å². The predicted octanol–water partition coefficient (Wildman–Crippen LogP) is 4.24. The van der Waals surface area contributed by atoms with E-state index in [0.717, 1.165) is 21.8 Å². The second kappa shape index (κ2) is 7.96. The van der Waals surface area contributed by atoms with Gasteiger partial charge in [0, 0.05) is 18.6 Å². The van der Waals surface area contributed by atoms with Crippen molar-refractivity contribution in [2.24, 2.45) is 0 Å². The number of nitrogens with zero attached hydrogens (tertiary/aromatic N) is 4. The molecular weight excluding hydrogens is 394 g/mol. The Morgan fingerprint density at radius 2 is 1.87 bits per heavy atom. The average Bonchev–Trinajstić information content (AvgIpc) is 3.51. The lowest BCUT2D eigenvalue weighted by atomic mass is 10.2. The van der Waals surface area contributed by atoms with Crippen molar-refractivity contribution >= 4 is 22.9 Å². The molecule has 0 atom stereocenters. The zero-order valence-electron chi connectivity index (χ0n) is 16.1. The second-order valence-electron chi connectivity index (χ2n) is 6.93. The molecule has 1 amide bonds. The number of benzene rings is 1. The van der Waals surface area contributed by atoms with Crippen LogP contribution in [0.25, 0.3) is 16.2 Å². The molecule has 0 saturated carbocycles. The van der Waals surface area contributed by atoms with Gasteiger partial charge < -0.3 is 9.72 Å². The summed E-state index contributed by atoms with van der Waals surface area (Å²) in [7, 11) is 0. The molecule has 4 aromatic heterocycles. The van der Waals surface area contributed by atoms with E-state index in [-0.39, 0.29) is 5.91 Å². The Balaban J connectivity index is 1.39. The van der Waals surface area contributed by atoms with Crippen molar-refractivity contribution in [1.29, 1.82) is 0 Å². The fourth-order valence-electron chi connectivity index (χ4n) is 3.37. The van der Waals surface area contributed by atoms with Crippen LogP contribution in [-0.2, 0) is 13.1 Å². The Morgan fingerprint density at radius 1 is 1.00 bits per heavy atom. The maximum atomic E-state index is 13.0. The van der Waals surface area contributed by atoms with E-state index in [1.54, 1.807) is 11.3 Å². The molecule has 0 spiro atoms. The summed E-state index contributed by atoms with van der Waals surface area (Å²) >= 11 is 1.57. The number of carbonyl (C=O) groups is 1. The highest BCUT2D eigenvalue weighted by atomic mass is 32.1. The zero-order valence-corrected chi connectivity index (χ0v) is 16.9. The van der Waals surface area contributed by atoms with Gasteiger partial charge in [-0.3, -0.25) is 9.48 Å². The summed E-state index contributed by atoms with van der Waals surface area (Å²) in [5, 5.41) is 9.69. The van der Waals surface area contributed by atoms with Crippen molar-refractivity contribution in [2.45, 2.75) is 13.1 Å². The van der Waals surface area contributed by atoms with Crippen molar-refractivity contribution < 1.29 is 4.79 Å². The minimum Gasteiger partial charge on any atom is -0.346 e. The van der Waals surface area contributed by atoms with E-state index in [4.69, 9.17) is 5.10 Å². The largest absolute Gasteiger partial charge is 0.346 e. The molecule has 0 bridgehead atoms. The van der Waals surface area contributed by atoms with E-state index in [0.29, 0.717) is 24.3 Å². The van der Waals surface area contributed by atoms with Crippen LogP contribution in [0.3, 0.4) is 0 Å². The smallest absolute Gasteiger partial charge is 0.255 e. The van der Waals surface area contributed by atoms with Gasteiger partial charge in [0.05, 0.1) is 29.2 Å². The predicted molar refractivity (Wildman–Crippen MR) is 117 cm³/mol. The Kier molecular flexibility index (Phi) is 4.86. The third-order valence-corrected chi connectivity index (χ3v) is 5.67. The first-order valence-corrected chi connectivity index (χ1v) is 10.5. The highest BCUT2D eigenvalue weighted by molar-refractivity contribution is 7.13. The number of hydrogen-bond acceptors (Lipinski definition) is 4. The lowest BCUT2D eigenvalue weighted by Gasteiger charge is -2.02. The Bertz CT molecular complexity index is 1250. The maximum Gasteiger partial charge on any atom is 0.255 e. The third-order valence-electron chi connectivity index (χ3n) is 4.79. The number of pyridine rings is 1. The molecule has 0 aliphatic carbocycles. The molecule has 0 aliphatic heterocycles. The van der Waals surface area contributed by atoms with Gasteiger partial charge in [0.25, 0.3) is 5.91 Å². The number of fused-ring (bicyclic) bond motifs is 1. The number of hydrogen-bond donors (Lipinski definition) is 1. The molecule has 5 rings (SSSR count). The molecule has 148 valence electrons. The fourth-order valence-corrected chi connectivity index (χ4v) is 4.10. The van der Waals surface area contributed by atoms with Crippen LogP contribution >= 0.6 is 11.3 Å². The normalized spacial score (nSPS) is 11.1. The number of amides is 1. The van der Waals surface area contributed by atoms with Gasteiger partial charge in [-0.1, -0.05) is 42.5 Å². The monoisotopic (exact) mass is 413 g/mol. The van der Waals surface area contributed by atoms with Gasteiger partial charge in [-0.2, -0.15) is 5.10 Å². The molecule has 1 aromatic carbocycles. The van der Waals surface area contributed by atoms with Crippen molar-refractivity contribution in [3.05, 3.63) is 101 Å². The van der Waals surface area contributed by atoms with Gasteiger partial charge in [0.15, 0.2) is 0 Å². The van der Waals surface area contributed by atoms with Crippen molar-refractivity contribution in [3.8, 4) is 10.6 Å². The van der Waals surface area contributed by atoms with Gasteiger partial charge >= 0.3 is 0 Å². The van der Waals surface area contributed by atoms with Gasteiger partial charge in [-0.15, -0.1) is 11.3 Å². The van der Waals surface area contributed by atoms with E-state index < -0.39 is 0 Å². The van der Waals surface area contributed by atoms with Crippen LogP contribution in [0.4, 0.5) is 0 Å². The lowest BCUT2D eigenvalue weighted by molar-refractivity contribution is 0.0951. The summed E-state index contributed by atoms with van der Waals surface area (Å²) in [4.78, 5) is 18.5. The number of imidazole rings is 1. The van der Waals surface area contributed by atoms with Crippen molar-refractivity contribution in [3.63, 3.8) is 0 Å². The van der Waals surface area contributed by atoms with Crippen LogP contribution in [0, 0.1) is 0 Å². The molecule has 1 N–H and O–H groups in total. The molecule has 0 unspecified atom stereocenters. The third kappa shape index (κ3) is 3.75. The summed E-state index contributed by atoms with van der Waals surface area (Å²) in [6.45, 7) is 0.965. The Morgan fingerprint density at radius 3 is 2.67 bits per heavy atom. The highest BCUT2D eigenvalue weighted by Crippen LogP contribution is 2.27. The van der Waals surface area contributed by atoms with Gasteiger partial charge in [0.2, 0.25) is 0 Å². The Hall–Kier alpha value is -3.71. The number of thiophene rings is 1. The van der Waals surface area contributed by atoms with Crippen LogP contribution in [0.1, 0.15) is 21.6 Å². The zero-order chi connectivity index (χ0) is 20.3. The molecule has 0 saturated heterocycles. The lowest BCUT2D eigenvalue weighted by Crippen LogP contribution is -2.23. The topological polar surface area (TPSA) is 64.2 Å². The van der Waals surface area contributed by atoms with Crippen molar-refractivity contribution in [2.75, 3.05) is 0 Å². The van der Waals surface area contributed by atoms with E-state index in [1.165, 1.54) is 0 Å². The van der Waals surface area contributed by atoms with Gasteiger partial charge in [-0.05, 0) is 29.1 Å². The van der Waals surface area contributed by atoms with Crippen LogP contribution in [0.5, 0.6) is 0 Å². The Labute approximate surface area is 177 Å². The SMILES string of the molecule is O=C(NCc1cn2ccccc2n1)c1cn(Cc2ccccc2)nc1-c1cccs1. The van der Waals surface area contributed by atoms with E-state index in [9.17, 15) is 4.79 Å². The number of carbonyl (C=O) groups excluding carboxylic acids is 1. The first-order chi connectivity index (χ1) is 14.8. The number of rotatable bonds is 6. The molecule has 0 radical (unpaired) electrons. The quantitative estimate of drug-likeness (QED) is 0.453. The average molecular weight is 414 g/mol. The van der Waals surface area contributed by atoms with Crippen LogP contribution in [0.15, 0.2) is 84.6 Å². The molecule has 0 fully saturated rings. The molecule has 7 heteroatoms. The van der Waals surface area contributed by atoms with Crippen LogP contribution < -0.4 is 5.32 Å². The first-order valence-electron chi connectivity index (χ1n) is 9.62. The molecule has 6 nitrogen and oxygen atoms in total. The number of nitrogens with one attached hydrogen (secondary N) is 1. The minimum absolute atomic E-state index is 0.158. The minimum atomic E-state index is -0.158. The van der Waals surface area contributed by atoms with Crippen LogP contribution in [0.2, 0.25) is 0 Å². The summed E-state index contributed by atoms with van der Waals surface area (Å²) in [6, 6.07) is 19.9. The summed E-state index contributed by atoms with van der Waals surface area (Å²) < 4.78 is 3.76. The van der Waals surface area contributed by atoms with E-state index in [2.05, 4.69) is 22.4 Å². The molecular formula is C23H19N5OS. The van der Waals surface area contributed by atoms with Gasteiger partial charge in [-0.25, -0.2) is 4.98 Å². The molecule has 5 aromatic rings. The first kappa shape index (κ1) is 18.3. The second-order valence-corrected chi connectivity index (χ2v) is 7.88. The highest BCUT2D eigenvalue weighted by Gasteiger charge is 2.19. The summed E-state index contributed by atoms with van der Waals surface area (Å²) in [6.07, 6.45) is 5.69. The standard InChI is InChI=1S/C23H19N5OS/c29-23(24-13-18-15-27-11-5-4-10-21(27)25-18)19-16-28(14-17-7-2-1-3-8-17)26-22(19)20-9-6-12-30-20/h1-12,15-16H,13-14H2,(H,24,29). The van der Waals surface area contributed by atoms with Crippen LogP contribution in [-0.4, -0.2) is 25.1 Å². The fraction of sp³-hybridized carbons (Fsp3) is 0.0870. The number of aromatic nitrogens is 4. The summed E-state index contributed by atoms with van der Waals surface area (Å²) in [5.41, 5.74) is 4.07. The van der Waals surface area contributed by atoms with Gasteiger partial charge in [0.1, 0.15) is 11.3 Å². The molecule has 4 heterocycles. The molecule has 0 aliphatic rings. The summed E-state index contributed by atoms with van der Waals surface area (Å²) in [5.74, 6) is -0.158. The van der Waals surface area contributed by atoms with Crippen molar-refractivity contribution in [1.82, 2.24) is 24.5 Å². The molecule has 30 heavy (non-hydrogen) atoms. The maximum absolute atomic E-state index is 13.0.